The van der Waals surface area contributed by atoms with E-state index in [0.717, 1.165) is 11.1 Å². The first-order chi connectivity index (χ1) is 16.0. The first-order valence-corrected chi connectivity index (χ1v) is 10.7. The van der Waals surface area contributed by atoms with E-state index in [9.17, 15) is 9.59 Å². The fourth-order valence-corrected chi connectivity index (χ4v) is 3.44. The highest BCUT2D eigenvalue weighted by molar-refractivity contribution is 6.65. The van der Waals surface area contributed by atoms with E-state index in [4.69, 9.17) is 30.6 Å². The zero-order valence-corrected chi connectivity index (χ0v) is 19.1. The summed E-state index contributed by atoms with van der Waals surface area (Å²) in [6.07, 6.45) is -0.599. The fraction of sp³-hybridized carbons (Fsp3) is 0.348. The van der Waals surface area contributed by atoms with Gasteiger partial charge in [0.1, 0.15) is 23.9 Å². The number of halogens is 1. The summed E-state index contributed by atoms with van der Waals surface area (Å²) >= 11 is 5.88. The zero-order valence-electron chi connectivity index (χ0n) is 18.4. The molecule has 9 nitrogen and oxygen atoms in total. The van der Waals surface area contributed by atoms with Crippen molar-refractivity contribution in [2.24, 2.45) is 5.16 Å². The first kappa shape index (κ1) is 24.2. The third kappa shape index (κ3) is 7.28. The van der Waals surface area contributed by atoms with Crippen LogP contribution in [0.25, 0.3) is 0 Å². The van der Waals surface area contributed by atoms with Gasteiger partial charge in [0.15, 0.2) is 11.5 Å². The van der Waals surface area contributed by atoms with Crippen molar-refractivity contribution in [2.75, 3.05) is 14.2 Å². The van der Waals surface area contributed by atoms with E-state index in [0.29, 0.717) is 23.1 Å². The third-order valence-corrected chi connectivity index (χ3v) is 5.15. The summed E-state index contributed by atoms with van der Waals surface area (Å²) in [6.45, 7) is 0.306. The molecule has 33 heavy (non-hydrogen) atoms. The molecule has 1 heterocycles. The minimum absolute atomic E-state index is 0.0848. The van der Waals surface area contributed by atoms with E-state index >= 15 is 0 Å². The Morgan fingerprint density at radius 1 is 1.12 bits per heavy atom. The van der Waals surface area contributed by atoms with Crippen LogP contribution in [0.1, 0.15) is 24.0 Å². The zero-order chi connectivity index (χ0) is 23.6. The van der Waals surface area contributed by atoms with Gasteiger partial charge in [0, 0.05) is 19.4 Å². The van der Waals surface area contributed by atoms with Gasteiger partial charge in [0.25, 0.3) is 0 Å². The van der Waals surface area contributed by atoms with Crippen molar-refractivity contribution >= 4 is 28.8 Å². The Morgan fingerprint density at radius 2 is 1.88 bits per heavy atom. The highest BCUT2D eigenvalue weighted by Crippen LogP contribution is 2.27. The molecule has 0 bridgehead atoms. The Kier molecular flexibility index (Phi) is 8.77. The number of carbonyl (C=O) groups excluding carboxylic acids is 2. The number of methoxy groups -OCH3 is 2. The van der Waals surface area contributed by atoms with Crippen LogP contribution in [-0.4, -0.2) is 43.5 Å². The molecule has 2 aromatic rings. The summed E-state index contributed by atoms with van der Waals surface area (Å²) in [5.74, 6) is 0.742. The van der Waals surface area contributed by atoms with Crippen LogP contribution in [-0.2, 0) is 27.5 Å². The monoisotopic (exact) mass is 475 g/mol. The molecule has 0 radical (unpaired) electrons. The quantitative estimate of drug-likeness (QED) is 0.545. The van der Waals surface area contributed by atoms with Gasteiger partial charge in [-0.1, -0.05) is 53.2 Å². The van der Waals surface area contributed by atoms with Crippen LogP contribution < -0.4 is 20.1 Å². The summed E-state index contributed by atoms with van der Waals surface area (Å²) in [5.41, 5.74) is 1.64. The normalized spacial score (nSPS) is 15.6. The number of nitrogens with zero attached hydrogens (tertiary/aromatic N) is 1. The molecule has 2 aromatic carbocycles. The molecule has 0 fully saturated rings. The Morgan fingerprint density at radius 3 is 2.55 bits per heavy atom. The molecule has 176 valence electrons. The lowest BCUT2D eigenvalue weighted by Crippen LogP contribution is -2.48. The van der Waals surface area contributed by atoms with Crippen LogP contribution in [0.15, 0.2) is 53.7 Å². The molecule has 2 amide bonds. The van der Waals surface area contributed by atoms with E-state index < -0.39 is 24.1 Å². The fourth-order valence-electron chi connectivity index (χ4n) is 3.22. The van der Waals surface area contributed by atoms with Crippen LogP contribution >= 0.6 is 11.6 Å². The molecule has 0 saturated carbocycles. The average molecular weight is 476 g/mol. The van der Waals surface area contributed by atoms with Gasteiger partial charge in [-0.15, -0.1) is 0 Å². The Hall–Kier alpha value is -3.46. The van der Waals surface area contributed by atoms with Crippen molar-refractivity contribution in [3.8, 4) is 11.5 Å². The van der Waals surface area contributed by atoms with E-state index in [1.165, 1.54) is 7.11 Å². The lowest BCUT2D eigenvalue weighted by molar-refractivity contribution is -0.124. The summed E-state index contributed by atoms with van der Waals surface area (Å²) in [6, 6.07) is 13.7. The Balaban J connectivity index is 1.60. The van der Waals surface area contributed by atoms with Crippen LogP contribution in [0.3, 0.4) is 0 Å². The second-order valence-electron chi connectivity index (χ2n) is 7.30. The van der Waals surface area contributed by atoms with Gasteiger partial charge in [0.05, 0.1) is 14.2 Å². The molecule has 0 aliphatic carbocycles. The molecule has 0 saturated heterocycles. The minimum atomic E-state index is -0.906. The van der Waals surface area contributed by atoms with Crippen molar-refractivity contribution in [1.82, 2.24) is 10.6 Å². The van der Waals surface area contributed by atoms with Gasteiger partial charge >= 0.3 is 6.09 Å². The number of benzene rings is 2. The van der Waals surface area contributed by atoms with Gasteiger partial charge in [-0.2, -0.15) is 0 Å². The number of hydrogen-bond donors (Lipinski definition) is 2. The maximum atomic E-state index is 12.9. The molecule has 10 heteroatoms. The van der Waals surface area contributed by atoms with E-state index in [1.807, 2.05) is 36.4 Å². The molecule has 0 aromatic heterocycles. The van der Waals surface area contributed by atoms with E-state index in [-0.39, 0.29) is 19.6 Å². The summed E-state index contributed by atoms with van der Waals surface area (Å²) in [4.78, 5) is 30.5. The highest BCUT2D eigenvalue weighted by Gasteiger charge is 2.29. The molecule has 2 unspecified atom stereocenters. The largest absolute Gasteiger partial charge is 0.493 e. The summed E-state index contributed by atoms with van der Waals surface area (Å²) < 4.78 is 15.8. The van der Waals surface area contributed by atoms with Crippen LogP contribution in [0, 0.1) is 0 Å². The van der Waals surface area contributed by atoms with Gasteiger partial charge in [0.2, 0.25) is 5.91 Å². The van der Waals surface area contributed by atoms with Gasteiger partial charge in [-0.05, 0) is 23.3 Å². The summed E-state index contributed by atoms with van der Waals surface area (Å²) in [5, 5.41) is 9.45. The number of carbonyl (C=O) groups is 2. The number of rotatable bonds is 10. The molecular formula is C23H26ClN3O6. The molecule has 2 atom stereocenters. The van der Waals surface area contributed by atoms with Gasteiger partial charge in [-0.25, -0.2) is 4.79 Å². The first-order valence-electron chi connectivity index (χ1n) is 10.3. The van der Waals surface area contributed by atoms with Crippen molar-refractivity contribution in [3.05, 3.63) is 59.7 Å². The minimum Gasteiger partial charge on any atom is -0.493 e. The average Bonchev–Trinajstić information content (AvgIpc) is 3.25. The van der Waals surface area contributed by atoms with Gasteiger partial charge in [-0.3, -0.25) is 4.79 Å². The predicted octanol–water partition coefficient (Wildman–Crippen LogP) is 3.35. The van der Waals surface area contributed by atoms with Crippen LogP contribution in [0.2, 0.25) is 0 Å². The summed E-state index contributed by atoms with van der Waals surface area (Å²) in [7, 11) is 3.09. The number of ether oxygens (including phenoxy) is 3. The third-order valence-electron chi connectivity index (χ3n) is 4.93. The maximum Gasteiger partial charge on any atom is 0.408 e. The van der Waals surface area contributed by atoms with Crippen molar-refractivity contribution < 1.29 is 28.6 Å². The molecule has 0 spiro atoms. The molecule has 1 aliphatic heterocycles. The Bertz CT molecular complexity index is 985. The number of oxime groups is 1. The van der Waals surface area contributed by atoms with E-state index in [2.05, 4.69) is 15.8 Å². The van der Waals surface area contributed by atoms with E-state index in [1.54, 1.807) is 19.2 Å². The lowest BCUT2D eigenvalue weighted by atomic mass is 10.1. The van der Waals surface area contributed by atoms with Crippen molar-refractivity contribution in [2.45, 2.75) is 38.1 Å². The van der Waals surface area contributed by atoms with Gasteiger partial charge < -0.3 is 29.7 Å². The number of nitrogens with one attached hydrogen (secondary N) is 2. The number of amides is 2. The maximum absolute atomic E-state index is 12.9. The second kappa shape index (κ2) is 12.0. The standard InChI is InChI=1S/C23H26ClN3O6/c1-30-19-9-8-16(10-20(19)31-2)13-25-22(28)18(11-17-12-21(24)27-33-17)26-23(29)32-14-15-6-4-3-5-7-15/h3-10,17-18H,11-14H2,1-2H3,(H,25,28)(H,26,29). The topological polar surface area (TPSA) is 107 Å². The molecule has 1 aliphatic rings. The Labute approximate surface area is 197 Å². The molecule has 2 N–H and O–H groups in total. The smallest absolute Gasteiger partial charge is 0.408 e. The number of hydrogen-bond acceptors (Lipinski definition) is 7. The second-order valence-corrected chi connectivity index (χ2v) is 7.74. The van der Waals surface area contributed by atoms with Crippen LogP contribution in [0.5, 0.6) is 11.5 Å². The van der Waals surface area contributed by atoms with Crippen molar-refractivity contribution in [3.63, 3.8) is 0 Å². The lowest BCUT2D eigenvalue weighted by Gasteiger charge is -2.20. The predicted molar refractivity (Wildman–Crippen MR) is 122 cm³/mol. The number of alkyl carbamates (subject to hydrolysis) is 1. The molecule has 3 rings (SSSR count). The highest BCUT2D eigenvalue weighted by atomic mass is 35.5. The van der Waals surface area contributed by atoms with Crippen molar-refractivity contribution in [1.29, 1.82) is 0 Å². The van der Waals surface area contributed by atoms with Crippen LogP contribution in [0.4, 0.5) is 4.79 Å². The molecular weight excluding hydrogens is 450 g/mol. The SMILES string of the molecule is COc1ccc(CNC(=O)C(CC2CC(Cl)=NO2)NC(=O)OCc2ccccc2)cc1OC.